The standard InChI is InChI=1S/C19H27NO/c1-21-17-4-2-12(3-5-17)11-18(20)19-15-7-13-6-14(9-15)10-16(19)8-13/h2-5,13-16,18-19H,6-11,20H2,1H3. The third-order valence-electron chi connectivity index (χ3n) is 6.42. The molecule has 0 radical (unpaired) electrons. The smallest absolute Gasteiger partial charge is 0.118 e. The molecule has 4 aliphatic carbocycles. The van der Waals surface area contributed by atoms with Gasteiger partial charge < -0.3 is 10.5 Å². The van der Waals surface area contributed by atoms with Crippen molar-refractivity contribution in [2.45, 2.75) is 44.6 Å². The van der Waals surface area contributed by atoms with E-state index in [0.29, 0.717) is 6.04 Å². The summed E-state index contributed by atoms with van der Waals surface area (Å²) in [5, 5.41) is 0. The molecule has 0 heterocycles. The fourth-order valence-electron chi connectivity index (χ4n) is 5.84. The van der Waals surface area contributed by atoms with Crippen LogP contribution in [0.4, 0.5) is 0 Å². The number of hydrogen-bond acceptors (Lipinski definition) is 2. The van der Waals surface area contributed by atoms with Gasteiger partial charge in [-0.15, -0.1) is 0 Å². The first kappa shape index (κ1) is 13.6. The summed E-state index contributed by atoms with van der Waals surface area (Å²) in [6, 6.07) is 8.80. The average Bonchev–Trinajstić information content (AvgIpc) is 2.47. The Morgan fingerprint density at radius 1 is 1.00 bits per heavy atom. The molecule has 0 amide bonds. The lowest BCUT2D eigenvalue weighted by Crippen LogP contribution is -2.52. The van der Waals surface area contributed by atoms with Gasteiger partial charge in [0.2, 0.25) is 0 Å². The molecule has 2 N–H and O–H groups in total. The quantitative estimate of drug-likeness (QED) is 0.916. The van der Waals surface area contributed by atoms with Gasteiger partial charge in [-0.05, 0) is 85.8 Å². The number of benzene rings is 1. The molecule has 5 rings (SSSR count). The van der Waals surface area contributed by atoms with Gasteiger partial charge in [0.1, 0.15) is 5.75 Å². The van der Waals surface area contributed by atoms with Crippen LogP contribution in [0.15, 0.2) is 24.3 Å². The molecule has 21 heavy (non-hydrogen) atoms. The summed E-state index contributed by atoms with van der Waals surface area (Å²) in [4.78, 5) is 0. The number of methoxy groups -OCH3 is 1. The fourth-order valence-corrected chi connectivity index (χ4v) is 5.84. The molecule has 0 saturated heterocycles. The zero-order chi connectivity index (χ0) is 14.4. The van der Waals surface area contributed by atoms with Gasteiger partial charge in [-0.1, -0.05) is 12.1 Å². The molecule has 114 valence electrons. The predicted octanol–water partition coefficient (Wildman–Crippen LogP) is 3.64. The first-order chi connectivity index (χ1) is 10.2. The second-order valence-electron chi connectivity index (χ2n) is 7.72. The van der Waals surface area contributed by atoms with Crippen LogP contribution in [0.5, 0.6) is 5.75 Å². The summed E-state index contributed by atoms with van der Waals surface area (Å²) in [5.41, 5.74) is 8.03. The highest BCUT2D eigenvalue weighted by molar-refractivity contribution is 5.27. The molecule has 0 aromatic heterocycles. The zero-order valence-electron chi connectivity index (χ0n) is 13.0. The van der Waals surface area contributed by atoms with E-state index in [1.54, 1.807) is 7.11 Å². The highest BCUT2D eigenvalue weighted by Crippen LogP contribution is 2.57. The van der Waals surface area contributed by atoms with Gasteiger partial charge in [0.25, 0.3) is 0 Å². The summed E-state index contributed by atoms with van der Waals surface area (Å²) < 4.78 is 5.24. The summed E-state index contributed by atoms with van der Waals surface area (Å²) in [5.74, 6) is 5.64. The molecular formula is C19H27NO. The van der Waals surface area contributed by atoms with Crippen molar-refractivity contribution in [1.29, 1.82) is 0 Å². The van der Waals surface area contributed by atoms with E-state index < -0.39 is 0 Å². The van der Waals surface area contributed by atoms with Gasteiger partial charge in [-0.2, -0.15) is 0 Å². The van der Waals surface area contributed by atoms with Gasteiger partial charge >= 0.3 is 0 Å². The lowest BCUT2D eigenvalue weighted by atomic mass is 9.50. The predicted molar refractivity (Wildman–Crippen MR) is 85.2 cm³/mol. The summed E-state index contributed by atoms with van der Waals surface area (Å²) in [6.45, 7) is 0. The van der Waals surface area contributed by atoms with Gasteiger partial charge in [-0.25, -0.2) is 0 Å². The molecule has 2 heteroatoms. The largest absolute Gasteiger partial charge is 0.497 e. The molecule has 4 aliphatic rings. The van der Waals surface area contributed by atoms with Gasteiger partial charge in [0.05, 0.1) is 7.11 Å². The Kier molecular flexibility index (Phi) is 3.45. The van der Waals surface area contributed by atoms with Crippen LogP contribution in [0.1, 0.15) is 37.7 Å². The maximum absolute atomic E-state index is 6.67. The second kappa shape index (κ2) is 5.31. The van der Waals surface area contributed by atoms with Crippen LogP contribution in [0, 0.1) is 29.6 Å². The van der Waals surface area contributed by atoms with Crippen molar-refractivity contribution in [3.63, 3.8) is 0 Å². The molecule has 0 aliphatic heterocycles. The molecule has 1 aromatic carbocycles. The van der Waals surface area contributed by atoms with Gasteiger partial charge in [-0.3, -0.25) is 0 Å². The van der Waals surface area contributed by atoms with E-state index in [-0.39, 0.29) is 0 Å². The Morgan fingerprint density at radius 2 is 1.57 bits per heavy atom. The minimum atomic E-state index is 0.341. The Bertz CT molecular complexity index is 467. The van der Waals surface area contributed by atoms with E-state index in [4.69, 9.17) is 10.5 Å². The molecule has 4 fully saturated rings. The SMILES string of the molecule is COc1ccc(CC(N)C2C3CC4CC(C3)CC2C4)cc1. The molecule has 1 unspecified atom stereocenters. The van der Waals surface area contributed by atoms with Crippen molar-refractivity contribution in [1.82, 2.24) is 0 Å². The van der Waals surface area contributed by atoms with E-state index in [2.05, 4.69) is 24.3 Å². The molecule has 1 aromatic rings. The molecular weight excluding hydrogens is 258 g/mol. The van der Waals surface area contributed by atoms with E-state index in [9.17, 15) is 0 Å². The fraction of sp³-hybridized carbons (Fsp3) is 0.684. The maximum atomic E-state index is 6.67. The Morgan fingerprint density at radius 3 is 2.10 bits per heavy atom. The summed E-state index contributed by atoms with van der Waals surface area (Å²) in [6.07, 6.45) is 8.41. The van der Waals surface area contributed by atoms with Crippen molar-refractivity contribution in [2.75, 3.05) is 7.11 Å². The van der Waals surface area contributed by atoms with Crippen LogP contribution < -0.4 is 10.5 Å². The van der Waals surface area contributed by atoms with Crippen LogP contribution in [0.3, 0.4) is 0 Å². The lowest BCUT2D eigenvalue weighted by molar-refractivity contribution is -0.0464. The highest BCUT2D eigenvalue weighted by Gasteiger charge is 2.49. The van der Waals surface area contributed by atoms with Gasteiger partial charge in [0, 0.05) is 6.04 Å². The zero-order valence-corrected chi connectivity index (χ0v) is 13.0. The normalized spacial score (nSPS) is 38.5. The van der Waals surface area contributed by atoms with E-state index in [1.807, 2.05) is 0 Å². The molecule has 1 atom stereocenters. The maximum Gasteiger partial charge on any atom is 0.118 e. The monoisotopic (exact) mass is 285 g/mol. The third-order valence-corrected chi connectivity index (χ3v) is 6.42. The third kappa shape index (κ3) is 2.48. The summed E-state index contributed by atoms with van der Waals surface area (Å²) >= 11 is 0. The lowest BCUT2D eigenvalue weighted by Gasteiger charge is -2.56. The molecule has 4 bridgehead atoms. The Hall–Kier alpha value is -1.02. The van der Waals surface area contributed by atoms with Crippen LogP contribution in [0.25, 0.3) is 0 Å². The first-order valence-corrected chi connectivity index (χ1v) is 8.61. The molecule has 0 spiro atoms. The Labute approximate surface area is 128 Å². The molecule has 2 nitrogen and oxygen atoms in total. The second-order valence-corrected chi connectivity index (χ2v) is 7.72. The summed E-state index contributed by atoms with van der Waals surface area (Å²) in [7, 11) is 1.72. The van der Waals surface area contributed by atoms with E-state index in [0.717, 1.165) is 41.8 Å². The highest BCUT2D eigenvalue weighted by atomic mass is 16.5. The van der Waals surface area contributed by atoms with E-state index >= 15 is 0 Å². The molecule has 4 saturated carbocycles. The average molecular weight is 285 g/mol. The van der Waals surface area contributed by atoms with Crippen molar-refractivity contribution < 1.29 is 4.74 Å². The first-order valence-electron chi connectivity index (χ1n) is 8.61. The van der Waals surface area contributed by atoms with Crippen molar-refractivity contribution in [2.24, 2.45) is 35.3 Å². The number of ether oxygens (including phenoxy) is 1. The van der Waals surface area contributed by atoms with Crippen molar-refractivity contribution in [3.05, 3.63) is 29.8 Å². The van der Waals surface area contributed by atoms with Crippen LogP contribution in [-0.2, 0) is 6.42 Å². The van der Waals surface area contributed by atoms with Crippen LogP contribution >= 0.6 is 0 Å². The van der Waals surface area contributed by atoms with E-state index in [1.165, 1.54) is 37.7 Å². The Balaban J connectivity index is 1.45. The van der Waals surface area contributed by atoms with Crippen molar-refractivity contribution >= 4 is 0 Å². The van der Waals surface area contributed by atoms with Crippen LogP contribution in [0.2, 0.25) is 0 Å². The number of hydrogen-bond donors (Lipinski definition) is 1. The van der Waals surface area contributed by atoms with Crippen molar-refractivity contribution in [3.8, 4) is 5.75 Å². The minimum absolute atomic E-state index is 0.341. The number of rotatable bonds is 4. The van der Waals surface area contributed by atoms with Gasteiger partial charge in [0.15, 0.2) is 0 Å². The van der Waals surface area contributed by atoms with Crippen LogP contribution in [-0.4, -0.2) is 13.2 Å². The topological polar surface area (TPSA) is 35.2 Å². The number of nitrogens with two attached hydrogens (primary N) is 1. The minimum Gasteiger partial charge on any atom is -0.497 e.